The maximum absolute atomic E-state index is 3.49. The molecule has 1 aliphatic heterocycles. The van der Waals surface area contributed by atoms with Crippen molar-refractivity contribution in [1.82, 2.24) is 10.2 Å². The van der Waals surface area contributed by atoms with Gasteiger partial charge in [-0.1, -0.05) is 20.8 Å². The fourth-order valence-electron chi connectivity index (χ4n) is 1.91. The number of likely N-dealkylation sites (tertiary alicyclic amines) is 1. The van der Waals surface area contributed by atoms with Gasteiger partial charge in [-0.25, -0.2) is 0 Å². The number of nitrogens with one attached hydrogen (secondary N) is 1. The second-order valence-corrected chi connectivity index (χ2v) is 4.68. The Balaban J connectivity index is 2.05. The number of hydrogen-bond donors (Lipinski definition) is 1. The fraction of sp³-hybridized carbons (Fsp3) is 1.00. The Bertz CT molecular complexity index is 128. The van der Waals surface area contributed by atoms with Crippen LogP contribution >= 0.6 is 0 Å². The third-order valence-corrected chi connectivity index (χ3v) is 2.64. The first-order valence-electron chi connectivity index (χ1n) is 5.64. The number of hydrogen-bond acceptors (Lipinski definition) is 2. The molecule has 1 fully saturated rings. The second-order valence-electron chi connectivity index (χ2n) is 4.68. The van der Waals surface area contributed by atoms with Crippen molar-refractivity contribution < 1.29 is 0 Å². The van der Waals surface area contributed by atoms with Gasteiger partial charge in [0.25, 0.3) is 0 Å². The molecule has 0 bridgehead atoms. The van der Waals surface area contributed by atoms with Gasteiger partial charge < -0.3 is 10.2 Å². The Morgan fingerprint density at radius 3 is 2.31 bits per heavy atom. The Morgan fingerprint density at radius 1 is 1.15 bits per heavy atom. The molecule has 1 unspecified atom stereocenters. The van der Waals surface area contributed by atoms with Crippen molar-refractivity contribution in [3.8, 4) is 0 Å². The van der Waals surface area contributed by atoms with E-state index < -0.39 is 0 Å². The highest BCUT2D eigenvalue weighted by atomic mass is 15.1. The predicted octanol–water partition coefficient (Wildman–Crippen LogP) is 1.72. The van der Waals surface area contributed by atoms with E-state index in [1.54, 1.807) is 0 Å². The summed E-state index contributed by atoms with van der Waals surface area (Å²) >= 11 is 0. The smallest absolute Gasteiger partial charge is 0.00191 e. The molecule has 0 amide bonds. The molecule has 2 heteroatoms. The molecule has 0 aliphatic carbocycles. The molecule has 0 radical (unpaired) electrons. The summed E-state index contributed by atoms with van der Waals surface area (Å²) in [5.41, 5.74) is 0. The minimum absolute atomic E-state index is 0.626. The molecule has 2 nitrogen and oxygen atoms in total. The van der Waals surface area contributed by atoms with Crippen molar-refractivity contribution in [2.75, 3.05) is 26.2 Å². The normalized spacial score (nSPS) is 21.2. The summed E-state index contributed by atoms with van der Waals surface area (Å²) in [4.78, 5) is 2.59. The highest BCUT2D eigenvalue weighted by Crippen LogP contribution is 2.09. The van der Waals surface area contributed by atoms with Crippen molar-refractivity contribution in [1.29, 1.82) is 0 Å². The van der Waals surface area contributed by atoms with E-state index in [2.05, 4.69) is 31.0 Å². The molecule has 1 heterocycles. The summed E-state index contributed by atoms with van der Waals surface area (Å²) in [6.07, 6.45) is 2.81. The topological polar surface area (TPSA) is 15.3 Å². The zero-order valence-electron chi connectivity index (χ0n) is 9.34. The van der Waals surface area contributed by atoms with Crippen LogP contribution < -0.4 is 5.32 Å². The standard InChI is InChI=1S/C11H24N2/c1-10(2)12-8-11(3)9-13-6-4-5-7-13/h10-12H,4-9H2,1-3H3. The third-order valence-electron chi connectivity index (χ3n) is 2.64. The molecule has 13 heavy (non-hydrogen) atoms. The first-order valence-corrected chi connectivity index (χ1v) is 5.64. The Morgan fingerprint density at radius 2 is 1.77 bits per heavy atom. The molecule has 1 rings (SSSR count). The van der Waals surface area contributed by atoms with Gasteiger partial charge >= 0.3 is 0 Å². The zero-order valence-corrected chi connectivity index (χ0v) is 9.34. The van der Waals surface area contributed by atoms with E-state index in [-0.39, 0.29) is 0 Å². The summed E-state index contributed by atoms with van der Waals surface area (Å²) in [6, 6.07) is 0.626. The minimum atomic E-state index is 0.626. The molecule has 1 atom stereocenters. The lowest BCUT2D eigenvalue weighted by molar-refractivity contribution is 0.280. The molecule has 1 saturated heterocycles. The van der Waals surface area contributed by atoms with E-state index >= 15 is 0 Å². The first-order chi connectivity index (χ1) is 6.18. The molecule has 0 aromatic rings. The number of rotatable bonds is 5. The summed E-state index contributed by atoms with van der Waals surface area (Å²) in [5, 5.41) is 3.49. The molecule has 0 aromatic heterocycles. The molecule has 78 valence electrons. The maximum Gasteiger partial charge on any atom is 0.00191 e. The van der Waals surface area contributed by atoms with Gasteiger partial charge in [-0.15, -0.1) is 0 Å². The molecular formula is C11H24N2. The van der Waals surface area contributed by atoms with Gasteiger partial charge in [-0.2, -0.15) is 0 Å². The molecule has 0 aromatic carbocycles. The van der Waals surface area contributed by atoms with Crippen LogP contribution in [0.15, 0.2) is 0 Å². The second kappa shape index (κ2) is 5.61. The van der Waals surface area contributed by atoms with Gasteiger partial charge in [0.05, 0.1) is 0 Å². The average Bonchev–Trinajstić information content (AvgIpc) is 2.53. The Hall–Kier alpha value is -0.0800. The fourth-order valence-corrected chi connectivity index (χ4v) is 1.91. The van der Waals surface area contributed by atoms with Gasteiger partial charge in [0.2, 0.25) is 0 Å². The largest absolute Gasteiger partial charge is 0.314 e. The van der Waals surface area contributed by atoms with Gasteiger partial charge in [0, 0.05) is 12.6 Å². The summed E-state index contributed by atoms with van der Waals surface area (Å²) in [6.45, 7) is 11.9. The SMILES string of the molecule is CC(CNC(C)C)CN1CCCC1. The van der Waals surface area contributed by atoms with Crippen LogP contribution in [0.1, 0.15) is 33.6 Å². The minimum Gasteiger partial charge on any atom is -0.314 e. The van der Waals surface area contributed by atoms with Crippen molar-refractivity contribution in [2.45, 2.75) is 39.7 Å². The Labute approximate surface area is 82.7 Å². The zero-order chi connectivity index (χ0) is 9.68. The van der Waals surface area contributed by atoms with E-state index in [0.717, 1.165) is 12.5 Å². The van der Waals surface area contributed by atoms with Gasteiger partial charge in [0.1, 0.15) is 0 Å². The monoisotopic (exact) mass is 184 g/mol. The van der Waals surface area contributed by atoms with Crippen molar-refractivity contribution in [3.63, 3.8) is 0 Å². The van der Waals surface area contributed by atoms with Crippen LogP contribution in [0.3, 0.4) is 0 Å². The predicted molar refractivity (Wildman–Crippen MR) is 58.0 cm³/mol. The van der Waals surface area contributed by atoms with Crippen LogP contribution in [0.2, 0.25) is 0 Å². The van der Waals surface area contributed by atoms with Gasteiger partial charge in [-0.05, 0) is 38.4 Å². The average molecular weight is 184 g/mol. The summed E-state index contributed by atoms with van der Waals surface area (Å²) in [7, 11) is 0. The van der Waals surface area contributed by atoms with Crippen LogP contribution in [0.4, 0.5) is 0 Å². The van der Waals surface area contributed by atoms with Crippen molar-refractivity contribution >= 4 is 0 Å². The summed E-state index contributed by atoms with van der Waals surface area (Å²) in [5.74, 6) is 0.792. The molecular weight excluding hydrogens is 160 g/mol. The van der Waals surface area contributed by atoms with Crippen LogP contribution in [0, 0.1) is 5.92 Å². The van der Waals surface area contributed by atoms with E-state index in [0.29, 0.717) is 6.04 Å². The Kier molecular flexibility index (Phi) is 4.74. The third kappa shape index (κ3) is 4.63. The lowest BCUT2D eigenvalue weighted by atomic mass is 10.1. The summed E-state index contributed by atoms with van der Waals surface area (Å²) < 4.78 is 0. The van der Waals surface area contributed by atoms with E-state index in [1.165, 1.54) is 32.5 Å². The van der Waals surface area contributed by atoms with Crippen molar-refractivity contribution in [3.05, 3.63) is 0 Å². The lowest BCUT2D eigenvalue weighted by Crippen LogP contribution is -2.34. The van der Waals surface area contributed by atoms with Gasteiger partial charge in [-0.3, -0.25) is 0 Å². The van der Waals surface area contributed by atoms with Crippen LogP contribution in [0.5, 0.6) is 0 Å². The lowest BCUT2D eigenvalue weighted by Gasteiger charge is -2.21. The van der Waals surface area contributed by atoms with E-state index in [9.17, 15) is 0 Å². The van der Waals surface area contributed by atoms with Crippen molar-refractivity contribution in [2.24, 2.45) is 5.92 Å². The quantitative estimate of drug-likeness (QED) is 0.700. The highest BCUT2D eigenvalue weighted by Gasteiger charge is 2.14. The molecule has 1 N–H and O–H groups in total. The molecule has 0 spiro atoms. The molecule has 1 aliphatic rings. The van der Waals surface area contributed by atoms with E-state index in [1.807, 2.05) is 0 Å². The van der Waals surface area contributed by atoms with Gasteiger partial charge in [0.15, 0.2) is 0 Å². The first kappa shape index (κ1) is 11.0. The molecule has 0 saturated carbocycles. The van der Waals surface area contributed by atoms with E-state index in [4.69, 9.17) is 0 Å². The van der Waals surface area contributed by atoms with Crippen LogP contribution in [-0.2, 0) is 0 Å². The maximum atomic E-state index is 3.49. The van der Waals surface area contributed by atoms with Crippen LogP contribution in [0.25, 0.3) is 0 Å². The number of nitrogens with zero attached hydrogens (tertiary/aromatic N) is 1. The highest BCUT2D eigenvalue weighted by molar-refractivity contribution is 4.70. The van der Waals surface area contributed by atoms with Crippen LogP contribution in [-0.4, -0.2) is 37.1 Å².